The molecule has 1 aromatic heterocycles. The van der Waals surface area contributed by atoms with Gasteiger partial charge in [-0.25, -0.2) is 0 Å². The lowest BCUT2D eigenvalue weighted by molar-refractivity contribution is 0.0897. The Bertz CT molecular complexity index is 646. The van der Waals surface area contributed by atoms with Crippen molar-refractivity contribution in [3.8, 4) is 5.75 Å². The van der Waals surface area contributed by atoms with E-state index in [9.17, 15) is 4.79 Å². The van der Waals surface area contributed by atoms with E-state index in [0.717, 1.165) is 18.8 Å². The van der Waals surface area contributed by atoms with E-state index in [1.807, 2.05) is 19.1 Å². The van der Waals surface area contributed by atoms with Crippen LogP contribution in [0.5, 0.6) is 5.75 Å². The van der Waals surface area contributed by atoms with Gasteiger partial charge in [-0.15, -0.1) is 0 Å². The number of furan rings is 1. The smallest absolute Gasteiger partial charge is 0.287 e. The minimum Gasteiger partial charge on any atom is -0.494 e. The van der Waals surface area contributed by atoms with Crippen LogP contribution in [0.25, 0.3) is 0 Å². The van der Waals surface area contributed by atoms with E-state index >= 15 is 0 Å². The Morgan fingerprint density at radius 2 is 1.96 bits per heavy atom. The van der Waals surface area contributed by atoms with Crippen LogP contribution in [-0.4, -0.2) is 37.0 Å². The minimum atomic E-state index is -0.169. The summed E-state index contributed by atoms with van der Waals surface area (Å²) in [6.45, 7) is 5.33. The maximum absolute atomic E-state index is 12.2. The summed E-state index contributed by atoms with van der Waals surface area (Å²) in [6.07, 6.45) is 5.22. The van der Waals surface area contributed by atoms with Crippen molar-refractivity contribution in [3.05, 3.63) is 54.0 Å². The van der Waals surface area contributed by atoms with E-state index in [4.69, 9.17) is 9.15 Å². The average molecular weight is 342 g/mol. The lowest BCUT2D eigenvalue weighted by Gasteiger charge is -2.35. The maximum atomic E-state index is 12.2. The van der Waals surface area contributed by atoms with Crippen LogP contribution < -0.4 is 10.1 Å². The molecule has 1 atom stereocenters. The molecule has 1 aliphatic heterocycles. The highest BCUT2D eigenvalue weighted by molar-refractivity contribution is 5.91. The molecular formula is C20H26N2O3. The summed E-state index contributed by atoms with van der Waals surface area (Å²) in [5.74, 6) is 1.06. The SMILES string of the molecule is CCOc1ccc(C(CNC(=O)c2ccco2)N2CCCCC2)cc1. The molecule has 0 bridgehead atoms. The van der Waals surface area contributed by atoms with Crippen molar-refractivity contribution in [2.45, 2.75) is 32.2 Å². The number of nitrogens with zero attached hydrogens (tertiary/aromatic N) is 1. The van der Waals surface area contributed by atoms with Gasteiger partial charge in [-0.05, 0) is 62.7 Å². The normalized spacial score (nSPS) is 16.4. The zero-order chi connectivity index (χ0) is 17.5. The lowest BCUT2D eigenvalue weighted by Crippen LogP contribution is -2.40. The molecule has 0 aliphatic carbocycles. The number of piperidine rings is 1. The van der Waals surface area contributed by atoms with Gasteiger partial charge in [0.05, 0.1) is 18.9 Å². The lowest BCUT2D eigenvalue weighted by atomic mass is 10.0. The Kier molecular flexibility index (Phi) is 6.12. The summed E-state index contributed by atoms with van der Waals surface area (Å²) in [5.41, 5.74) is 1.20. The Hall–Kier alpha value is -2.27. The molecule has 1 fully saturated rings. The third-order valence-corrected chi connectivity index (χ3v) is 4.61. The highest BCUT2D eigenvalue weighted by Crippen LogP contribution is 2.26. The summed E-state index contributed by atoms with van der Waals surface area (Å²) in [7, 11) is 0. The highest BCUT2D eigenvalue weighted by atomic mass is 16.5. The van der Waals surface area contributed by atoms with Gasteiger partial charge in [0, 0.05) is 6.54 Å². The van der Waals surface area contributed by atoms with Gasteiger partial charge in [-0.3, -0.25) is 9.69 Å². The Labute approximate surface area is 149 Å². The van der Waals surface area contributed by atoms with Gasteiger partial charge in [0.25, 0.3) is 5.91 Å². The fourth-order valence-corrected chi connectivity index (χ4v) is 3.32. The van der Waals surface area contributed by atoms with Gasteiger partial charge in [-0.1, -0.05) is 18.6 Å². The number of likely N-dealkylation sites (tertiary alicyclic amines) is 1. The van der Waals surface area contributed by atoms with Crippen molar-refractivity contribution in [2.75, 3.05) is 26.2 Å². The first-order valence-electron chi connectivity index (χ1n) is 9.06. The number of ether oxygens (including phenoxy) is 1. The van der Waals surface area contributed by atoms with Crippen molar-refractivity contribution in [1.82, 2.24) is 10.2 Å². The van der Waals surface area contributed by atoms with Gasteiger partial charge in [0.2, 0.25) is 0 Å². The fraction of sp³-hybridized carbons (Fsp3) is 0.450. The van der Waals surface area contributed by atoms with Gasteiger partial charge >= 0.3 is 0 Å². The number of rotatable bonds is 7. The molecule has 1 N–H and O–H groups in total. The topological polar surface area (TPSA) is 54.7 Å². The summed E-state index contributed by atoms with van der Waals surface area (Å²) in [4.78, 5) is 14.7. The Balaban J connectivity index is 1.71. The monoisotopic (exact) mass is 342 g/mol. The Morgan fingerprint density at radius 1 is 1.20 bits per heavy atom. The maximum Gasteiger partial charge on any atom is 0.287 e. The van der Waals surface area contributed by atoms with Gasteiger partial charge in [0.1, 0.15) is 5.75 Å². The first-order valence-corrected chi connectivity index (χ1v) is 9.06. The van der Waals surface area contributed by atoms with Crippen LogP contribution in [0, 0.1) is 0 Å². The summed E-state index contributed by atoms with van der Waals surface area (Å²) in [5, 5.41) is 3.02. The van der Waals surface area contributed by atoms with Crippen molar-refractivity contribution in [3.63, 3.8) is 0 Å². The van der Waals surface area contributed by atoms with Crippen LogP contribution in [0.3, 0.4) is 0 Å². The van der Waals surface area contributed by atoms with Gasteiger partial charge in [-0.2, -0.15) is 0 Å². The van der Waals surface area contributed by atoms with E-state index in [-0.39, 0.29) is 11.9 Å². The van der Waals surface area contributed by atoms with Crippen molar-refractivity contribution in [2.24, 2.45) is 0 Å². The third-order valence-electron chi connectivity index (χ3n) is 4.61. The second kappa shape index (κ2) is 8.72. The number of benzene rings is 1. The van der Waals surface area contributed by atoms with Crippen molar-refractivity contribution < 1.29 is 13.9 Å². The zero-order valence-electron chi connectivity index (χ0n) is 14.7. The number of carbonyl (C=O) groups excluding carboxylic acids is 1. The Morgan fingerprint density at radius 3 is 2.60 bits per heavy atom. The number of nitrogens with one attached hydrogen (secondary N) is 1. The molecule has 2 aromatic rings. The number of hydrogen-bond acceptors (Lipinski definition) is 4. The van der Waals surface area contributed by atoms with E-state index in [2.05, 4.69) is 22.3 Å². The molecule has 1 amide bonds. The largest absolute Gasteiger partial charge is 0.494 e. The van der Waals surface area contributed by atoms with Crippen LogP contribution in [0.1, 0.15) is 48.3 Å². The van der Waals surface area contributed by atoms with Crippen LogP contribution in [0.4, 0.5) is 0 Å². The molecular weight excluding hydrogens is 316 g/mol. The van der Waals surface area contributed by atoms with Crippen molar-refractivity contribution in [1.29, 1.82) is 0 Å². The van der Waals surface area contributed by atoms with Crippen molar-refractivity contribution >= 4 is 5.91 Å². The fourth-order valence-electron chi connectivity index (χ4n) is 3.32. The molecule has 2 heterocycles. The standard InChI is InChI=1S/C20H26N2O3/c1-2-24-17-10-8-16(9-11-17)18(22-12-4-3-5-13-22)15-21-20(23)19-7-6-14-25-19/h6-11,14,18H,2-5,12-13,15H2,1H3,(H,21,23). The highest BCUT2D eigenvalue weighted by Gasteiger charge is 2.23. The first kappa shape index (κ1) is 17.5. The number of amides is 1. The van der Waals surface area contributed by atoms with E-state index in [1.54, 1.807) is 12.1 Å². The minimum absolute atomic E-state index is 0.162. The van der Waals surface area contributed by atoms with Crippen LogP contribution in [0.2, 0.25) is 0 Å². The van der Waals surface area contributed by atoms with E-state index in [0.29, 0.717) is 18.9 Å². The zero-order valence-corrected chi connectivity index (χ0v) is 14.7. The second-order valence-corrected chi connectivity index (χ2v) is 6.30. The molecule has 3 rings (SSSR count). The van der Waals surface area contributed by atoms with E-state index < -0.39 is 0 Å². The number of carbonyl (C=O) groups is 1. The number of hydrogen-bond donors (Lipinski definition) is 1. The molecule has 1 unspecified atom stereocenters. The average Bonchev–Trinajstić information content (AvgIpc) is 3.19. The summed E-state index contributed by atoms with van der Waals surface area (Å²) >= 11 is 0. The molecule has 1 saturated heterocycles. The van der Waals surface area contributed by atoms with Crippen LogP contribution >= 0.6 is 0 Å². The molecule has 25 heavy (non-hydrogen) atoms. The molecule has 134 valence electrons. The first-order chi connectivity index (χ1) is 12.3. The third kappa shape index (κ3) is 4.63. The van der Waals surface area contributed by atoms with Crippen LogP contribution in [-0.2, 0) is 0 Å². The second-order valence-electron chi connectivity index (χ2n) is 6.30. The molecule has 0 radical (unpaired) electrons. The van der Waals surface area contributed by atoms with Crippen LogP contribution in [0.15, 0.2) is 47.1 Å². The van der Waals surface area contributed by atoms with E-state index in [1.165, 1.54) is 31.1 Å². The predicted molar refractivity (Wildman–Crippen MR) is 96.8 cm³/mol. The molecule has 0 saturated carbocycles. The summed E-state index contributed by atoms with van der Waals surface area (Å²) < 4.78 is 10.7. The molecule has 5 nitrogen and oxygen atoms in total. The van der Waals surface area contributed by atoms with Gasteiger partial charge in [0.15, 0.2) is 5.76 Å². The molecule has 5 heteroatoms. The quantitative estimate of drug-likeness (QED) is 0.835. The summed E-state index contributed by atoms with van der Waals surface area (Å²) in [6, 6.07) is 11.8. The van der Waals surface area contributed by atoms with Gasteiger partial charge < -0.3 is 14.5 Å². The molecule has 1 aromatic carbocycles. The molecule has 0 spiro atoms. The molecule has 1 aliphatic rings. The predicted octanol–water partition coefficient (Wildman–Crippen LogP) is 3.64.